The highest BCUT2D eigenvalue weighted by Gasteiger charge is 1.47. The molecule has 0 fully saturated rings. The number of hydrogen-bond acceptors (Lipinski definition) is 4. The average molecular weight is 100 g/mol. The van der Waals surface area contributed by atoms with Gasteiger partial charge in [-0.05, 0) is 0 Å². The minimum Gasteiger partial charge on any atom is -0.295 e. The minimum absolute atomic E-state index is 0.194. The van der Waals surface area contributed by atoms with Gasteiger partial charge >= 0.3 is 0 Å². The minimum atomic E-state index is 0.194. The largest absolute Gasteiger partial charge is 0.295 e. The van der Waals surface area contributed by atoms with Gasteiger partial charge in [-0.15, -0.1) is 0 Å². The SMILES string of the molecule is N=C=N.O=CC=O. The van der Waals surface area contributed by atoms with Crippen molar-refractivity contribution in [2.45, 2.75) is 0 Å². The van der Waals surface area contributed by atoms with Gasteiger partial charge in [-0.3, -0.25) is 9.59 Å². The van der Waals surface area contributed by atoms with Gasteiger partial charge in [0.1, 0.15) is 0 Å². The zero-order valence-electron chi connectivity index (χ0n) is 3.47. The van der Waals surface area contributed by atoms with Crippen LogP contribution in [0.25, 0.3) is 0 Å². The third-order valence-electron chi connectivity index (χ3n) is 0.0556. The molecule has 4 heteroatoms. The van der Waals surface area contributed by atoms with Crippen molar-refractivity contribution in [2.24, 2.45) is 0 Å². The molecule has 0 aromatic heterocycles. The first kappa shape index (κ1) is 9.21. The fraction of sp³-hybridized carbons (Fsp3) is 0. The molecule has 2 N–H and O–H groups in total. The summed E-state index contributed by atoms with van der Waals surface area (Å²) in [6.45, 7) is 0. The lowest BCUT2D eigenvalue weighted by atomic mass is 10.9. The van der Waals surface area contributed by atoms with Gasteiger partial charge in [0.15, 0.2) is 12.6 Å². The Balaban J connectivity index is 0. The Labute approximate surface area is 40.2 Å². The van der Waals surface area contributed by atoms with Gasteiger partial charge in [0.25, 0.3) is 0 Å². The number of nitrogens with one attached hydrogen (secondary N) is 2. The van der Waals surface area contributed by atoms with Crippen LogP contribution in [0, 0.1) is 10.8 Å². The molecular weight excluding hydrogens is 96.0 g/mol. The first-order valence-electron chi connectivity index (χ1n) is 1.30. The molecule has 4 nitrogen and oxygen atoms in total. The normalized spacial score (nSPS) is 4.00. The predicted octanol–water partition coefficient (Wildman–Crippen LogP) is -0.298. The van der Waals surface area contributed by atoms with Crippen LogP contribution in [0.5, 0.6) is 0 Å². The van der Waals surface area contributed by atoms with Crippen molar-refractivity contribution < 1.29 is 9.59 Å². The molecule has 0 aliphatic rings. The van der Waals surface area contributed by atoms with Crippen LogP contribution in [-0.4, -0.2) is 18.6 Å². The van der Waals surface area contributed by atoms with Gasteiger partial charge in [0, 0.05) is 0 Å². The van der Waals surface area contributed by atoms with E-state index in [1.807, 2.05) is 0 Å². The lowest BCUT2D eigenvalue weighted by Crippen LogP contribution is -1.62. The number of aldehydes is 2. The van der Waals surface area contributed by atoms with Gasteiger partial charge in [-0.25, -0.2) is 10.8 Å². The third-order valence-corrected chi connectivity index (χ3v) is 0.0556. The highest BCUT2D eigenvalue weighted by molar-refractivity contribution is 6.09. The van der Waals surface area contributed by atoms with Crippen molar-refractivity contribution in [2.75, 3.05) is 0 Å². The van der Waals surface area contributed by atoms with Gasteiger partial charge < -0.3 is 0 Å². The topological polar surface area (TPSA) is 81.8 Å². The first-order valence-corrected chi connectivity index (χ1v) is 1.30. The standard InChI is InChI=1S/C2H2O2.CH2N2/c3-1-2-4;2-1-3/h1-2H;2-3H. The van der Waals surface area contributed by atoms with E-state index in [2.05, 4.69) is 0 Å². The molecule has 0 saturated carbocycles. The summed E-state index contributed by atoms with van der Waals surface area (Å²) >= 11 is 0. The van der Waals surface area contributed by atoms with Crippen LogP contribution in [0.3, 0.4) is 0 Å². The van der Waals surface area contributed by atoms with E-state index in [1.165, 1.54) is 6.01 Å². The summed E-state index contributed by atoms with van der Waals surface area (Å²) in [7, 11) is 0. The van der Waals surface area contributed by atoms with E-state index in [4.69, 9.17) is 20.4 Å². The maximum atomic E-state index is 8.81. The molecule has 0 spiro atoms. The molecule has 0 aliphatic carbocycles. The van der Waals surface area contributed by atoms with E-state index >= 15 is 0 Å². The second-order valence-corrected chi connectivity index (χ2v) is 0.397. The van der Waals surface area contributed by atoms with Crippen LogP contribution in [0.1, 0.15) is 0 Å². The summed E-state index contributed by atoms with van der Waals surface area (Å²) in [5.41, 5.74) is 0. The van der Waals surface area contributed by atoms with Crippen molar-refractivity contribution in [3.05, 3.63) is 0 Å². The van der Waals surface area contributed by atoms with Gasteiger partial charge in [-0.2, -0.15) is 0 Å². The van der Waals surface area contributed by atoms with Gasteiger partial charge in [0.2, 0.25) is 0 Å². The summed E-state index contributed by atoms with van der Waals surface area (Å²) in [4.78, 5) is 17.6. The summed E-state index contributed by atoms with van der Waals surface area (Å²) in [6.07, 6.45) is 0.389. The Morgan fingerprint density at radius 1 is 1.14 bits per heavy atom. The molecule has 0 bridgehead atoms. The Bertz CT molecular complexity index is 76.9. The predicted molar refractivity (Wildman–Crippen MR) is 22.6 cm³/mol. The number of carbonyl (C=O) groups excluding carboxylic acids is 2. The van der Waals surface area contributed by atoms with Crippen LogP contribution in [-0.2, 0) is 9.59 Å². The fourth-order valence-electron chi connectivity index (χ4n) is 0. The Kier molecular flexibility index (Phi) is 29.0. The lowest BCUT2D eigenvalue weighted by molar-refractivity contribution is -0.122. The third kappa shape index (κ3) is 445. The van der Waals surface area contributed by atoms with Crippen molar-refractivity contribution in [1.82, 2.24) is 0 Å². The molecule has 7 heavy (non-hydrogen) atoms. The molecule has 0 radical (unpaired) electrons. The molecule has 0 aromatic carbocycles. The van der Waals surface area contributed by atoms with Crippen LogP contribution < -0.4 is 0 Å². The second-order valence-electron chi connectivity index (χ2n) is 0.397. The van der Waals surface area contributed by atoms with Crippen LogP contribution >= 0.6 is 0 Å². The summed E-state index contributed by atoms with van der Waals surface area (Å²) in [5.74, 6) is 0. The van der Waals surface area contributed by atoms with E-state index < -0.39 is 0 Å². The van der Waals surface area contributed by atoms with Crippen LogP contribution in [0.4, 0.5) is 0 Å². The molecule has 0 rings (SSSR count). The van der Waals surface area contributed by atoms with E-state index in [1.54, 1.807) is 0 Å². The maximum absolute atomic E-state index is 8.81. The monoisotopic (exact) mass is 100 g/mol. The summed E-state index contributed by atoms with van der Waals surface area (Å²) in [5, 5.41) is 11.2. The smallest absolute Gasteiger partial charge is 0.182 e. The van der Waals surface area contributed by atoms with Crippen molar-refractivity contribution in [3.63, 3.8) is 0 Å². The molecule has 0 atom stereocenters. The first-order chi connectivity index (χ1) is 3.33. The van der Waals surface area contributed by atoms with Crippen LogP contribution in [0.2, 0.25) is 0 Å². The van der Waals surface area contributed by atoms with Crippen molar-refractivity contribution in [3.8, 4) is 0 Å². The molecule has 0 amide bonds. The second kappa shape index (κ2) is 22.1. The Hall–Kier alpha value is -1.28. The fourth-order valence-corrected chi connectivity index (χ4v) is 0. The van der Waals surface area contributed by atoms with Crippen molar-refractivity contribution >= 4 is 18.6 Å². The van der Waals surface area contributed by atoms with E-state index in [0.717, 1.165) is 0 Å². The Morgan fingerprint density at radius 2 is 1.29 bits per heavy atom. The summed E-state index contributed by atoms with van der Waals surface area (Å²) in [6, 6.07) is 1.25. The van der Waals surface area contributed by atoms with E-state index in [-0.39, 0.29) is 12.6 Å². The zero-order valence-corrected chi connectivity index (χ0v) is 3.47. The number of rotatable bonds is 1. The Morgan fingerprint density at radius 3 is 1.29 bits per heavy atom. The summed E-state index contributed by atoms with van der Waals surface area (Å²) < 4.78 is 0. The number of carbonyl (C=O) groups is 2. The molecule has 0 saturated heterocycles. The molecule has 0 aromatic rings. The molecule has 38 valence electrons. The van der Waals surface area contributed by atoms with Crippen molar-refractivity contribution in [1.29, 1.82) is 10.8 Å². The zero-order chi connectivity index (χ0) is 6.12. The molecule has 0 aliphatic heterocycles. The van der Waals surface area contributed by atoms with Crippen LogP contribution in [0.15, 0.2) is 0 Å². The molecular formula is C3H4N2O2. The molecule has 0 unspecified atom stereocenters. The van der Waals surface area contributed by atoms with E-state index in [9.17, 15) is 0 Å². The highest BCUT2D eigenvalue weighted by Crippen LogP contribution is 1.12. The maximum Gasteiger partial charge on any atom is 0.182 e. The highest BCUT2D eigenvalue weighted by atomic mass is 16.2. The molecule has 0 heterocycles. The van der Waals surface area contributed by atoms with Gasteiger partial charge in [0.05, 0.1) is 6.01 Å². The van der Waals surface area contributed by atoms with Gasteiger partial charge in [-0.1, -0.05) is 0 Å². The van der Waals surface area contributed by atoms with E-state index in [0.29, 0.717) is 0 Å². The average Bonchev–Trinajstić information content (AvgIpc) is 1.69. The lowest BCUT2D eigenvalue weighted by Gasteiger charge is -1.31. The number of hydrogen-bond donors (Lipinski definition) is 2. The quantitative estimate of drug-likeness (QED) is 0.269.